The molecule has 1 aromatic heterocycles. The van der Waals surface area contributed by atoms with Crippen molar-refractivity contribution in [2.45, 2.75) is 13.0 Å². The molecule has 138 valence electrons. The Balaban J connectivity index is 1.45. The maximum absolute atomic E-state index is 12.4. The molecule has 2 heterocycles. The smallest absolute Gasteiger partial charge is 0.338 e. The van der Waals surface area contributed by atoms with Gasteiger partial charge in [0.2, 0.25) is 5.82 Å². The van der Waals surface area contributed by atoms with Gasteiger partial charge in [-0.2, -0.15) is 4.98 Å². The fourth-order valence-electron chi connectivity index (χ4n) is 2.58. The Morgan fingerprint density at radius 1 is 1.15 bits per heavy atom. The van der Waals surface area contributed by atoms with Crippen molar-refractivity contribution in [2.24, 2.45) is 0 Å². The minimum Gasteiger partial charge on any atom is -0.489 e. The summed E-state index contributed by atoms with van der Waals surface area (Å²) in [6.07, 6.45) is 0.742. The first kappa shape index (κ1) is 17.4. The van der Waals surface area contributed by atoms with Crippen LogP contribution in [0.3, 0.4) is 0 Å². The molecule has 1 aliphatic heterocycles. The molecule has 27 heavy (non-hydrogen) atoms. The van der Waals surface area contributed by atoms with E-state index in [2.05, 4.69) is 10.1 Å². The summed E-state index contributed by atoms with van der Waals surface area (Å²) in [7, 11) is 0. The van der Waals surface area contributed by atoms with Gasteiger partial charge in [-0.05, 0) is 12.1 Å². The highest BCUT2D eigenvalue weighted by molar-refractivity contribution is 6.32. The van der Waals surface area contributed by atoms with E-state index in [0.717, 1.165) is 12.0 Å². The fraction of sp³-hybridized carbons (Fsp3) is 0.211. The largest absolute Gasteiger partial charge is 0.489 e. The summed E-state index contributed by atoms with van der Waals surface area (Å²) >= 11 is 6.20. The van der Waals surface area contributed by atoms with E-state index < -0.39 is 5.97 Å². The van der Waals surface area contributed by atoms with Crippen LogP contribution in [0.1, 0.15) is 22.7 Å². The van der Waals surface area contributed by atoms with Gasteiger partial charge < -0.3 is 18.7 Å². The normalized spacial score (nSPS) is 13.1. The SMILES string of the molecule is O=C(OCc1nc(-c2ccccc2)no1)c1cc(Cl)c2c(c1)OCCCO2. The Morgan fingerprint density at radius 3 is 2.81 bits per heavy atom. The summed E-state index contributed by atoms with van der Waals surface area (Å²) in [6.45, 7) is 0.855. The van der Waals surface area contributed by atoms with E-state index in [1.807, 2.05) is 30.3 Å². The van der Waals surface area contributed by atoms with Crippen LogP contribution in [-0.4, -0.2) is 29.3 Å². The number of benzene rings is 2. The average Bonchev–Trinajstić information content (AvgIpc) is 3.04. The molecule has 0 saturated heterocycles. The Hall–Kier alpha value is -3.06. The van der Waals surface area contributed by atoms with Gasteiger partial charge in [-0.1, -0.05) is 47.1 Å². The van der Waals surface area contributed by atoms with Crippen molar-refractivity contribution in [2.75, 3.05) is 13.2 Å². The molecule has 0 aliphatic carbocycles. The van der Waals surface area contributed by atoms with Crippen LogP contribution in [0.2, 0.25) is 5.02 Å². The maximum atomic E-state index is 12.4. The Morgan fingerprint density at radius 2 is 1.96 bits per heavy atom. The van der Waals surface area contributed by atoms with E-state index in [-0.39, 0.29) is 18.1 Å². The van der Waals surface area contributed by atoms with E-state index in [9.17, 15) is 4.79 Å². The van der Waals surface area contributed by atoms with Crippen molar-refractivity contribution in [3.8, 4) is 22.9 Å². The van der Waals surface area contributed by atoms with Crippen molar-refractivity contribution < 1.29 is 23.5 Å². The molecular weight excluding hydrogens is 372 g/mol. The van der Waals surface area contributed by atoms with Crippen molar-refractivity contribution >= 4 is 17.6 Å². The predicted molar refractivity (Wildman–Crippen MR) is 95.9 cm³/mol. The lowest BCUT2D eigenvalue weighted by Gasteiger charge is -2.11. The Labute approximate surface area is 159 Å². The number of ether oxygens (including phenoxy) is 3. The monoisotopic (exact) mass is 386 g/mol. The molecule has 0 spiro atoms. The lowest BCUT2D eigenvalue weighted by Crippen LogP contribution is -2.06. The van der Waals surface area contributed by atoms with Gasteiger partial charge in [0.15, 0.2) is 18.1 Å². The van der Waals surface area contributed by atoms with Crippen molar-refractivity contribution in [1.82, 2.24) is 10.1 Å². The summed E-state index contributed by atoms with van der Waals surface area (Å²) < 4.78 is 21.5. The number of hydrogen-bond acceptors (Lipinski definition) is 7. The summed E-state index contributed by atoms with van der Waals surface area (Å²) in [4.78, 5) is 16.6. The first-order valence-corrected chi connectivity index (χ1v) is 8.73. The van der Waals surface area contributed by atoms with Gasteiger partial charge in [-0.3, -0.25) is 0 Å². The molecule has 3 aromatic rings. The van der Waals surface area contributed by atoms with E-state index in [1.165, 1.54) is 6.07 Å². The van der Waals surface area contributed by atoms with Crippen LogP contribution in [0.4, 0.5) is 0 Å². The van der Waals surface area contributed by atoms with Crippen LogP contribution in [0, 0.1) is 0 Å². The van der Waals surface area contributed by atoms with Gasteiger partial charge in [0.05, 0.1) is 23.8 Å². The van der Waals surface area contributed by atoms with Gasteiger partial charge in [0.1, 0.15) is 0 Å². The standard InChI is InChI=1S/C19H15ClN2O5/c20-14-9-13(10-15-17(14)25-8-4-7-24-15)19(23)26-11-16-21-18(22-27-16)12-5-2-1-3-6-12/h1-3,5-6,9-10H,4,7-8,11H2. The van der Waals surface area contributed by atoms with Crippen LogP contribution in [0.15, 0.2) is 47.0 Å². The maximum Gasteiger partial charge on any atom is 0.338 e. The van der Waals surface area contributed by atoms with Gasteiger partial charge >= 0.3 is 5.97 Å². The van der Waals surface area contributed by atoms with Crippen LogP contribution >= 0.6 is 11.6 Å². The van der Waals surface area contributed by atoms with Crippen LogP contribution < -0.4 is 9.47 Å². The Bertz CT molecular complexity index is 958. The third kappa shape index (κ3) is 3.88. The van der Waals surface area contributed by atoms with E-state index in [4.69, 9.17) is 30.3 Å². The zero-order valence-electron chi connectivity index (χ0n) is 14.2. The van der Waals surface area contributed by atoms with Gasteiger partial charge in [0, 0.05) is 12.0 Å². The van der Waals surface area contributed by atoms with Crippen molar-refractivity contribution in [3.63, 3.8) is 0 Å². The minimum absolute atomic E-state index is 0.148. The zero-order chi connectivity index (χ0) is 18.6. The quantitative estimate of drug-likeness (QED) is 0.628. The second-order valence-corrected chi connectivity index (χ2v) is 6.20. The van der Waals surface area contributed by atoms with Gasteiger partial charge in [-0.15, -0.1) is 0 Å². The molecule has 0 bridgehead atoms. The lowest BCUT2D eigenvalue weighted by atomic mass is 10.2. The van der Waals surface area contributed by atoms with Crippen molar-refractivity contribution in [3.05, 3.63) is 58.9 Å². The number of carbonyl (C=O) groups excluding carboxylic acids is 1. The molecule has 0 fully saturated rings. The summed E-state index contributed by atoms with van der Waals surface area (Å²) in [5.41, 5.74) is 1.07. The third-order valence-corrected chi connectivity index (χ3v) is 4.15. The fourth-order valence-corrected chi connectivity index (χ4v) is 2.84. The number of rotatable bonds is 4. The third-order valence-electron chi connectivity index (χ3n) is 3.86. The first-order chi connectivity index (χ1) is 13.2. The minimum atomic E-state index is -0.577. The van der Waals surface area contributed by atoms with Crippen molar-refractivity contribution in [1.29, 1.82) is 0 Å². The molecule has 2 aromatic carbocycles. The topological polar surface area (TPSA) is 83.7 Å². The number of carbonyl (C=O) groups is 1. The number of esters is 1. The van der Waals surface area contributed by atoms with Crippen LogP contribution in [-0.2, 0) is 11.3 Å². The summed E-state index contributed by atoms with van der Waals surface area (Å²) in [5.74, 6) is 0.918. The first-order valence-electron chi connectivity index (χ1n) is 8.35. The highest BCUT2D eigenvalue weighted by atomic mass is 35.5. The number of fused-ring (bicyclic) bond motifs is 1. The molecule has 0 unspecified atom stereocenters. The zero-order valence-corrected chi connectivity index (χ0v) is 14.9. The van der Waals surface area contributed by atoms with E-state index >= 15 is 0 Å². The molecule has 0 radical (unpaired) electrons. The summed E-state index contributed by atoms with van der Waals surface area (Å²) in [5, 5.41) is 4.18. The molecule has 4 rings (SSSR count). The molecular formula is C19H15ClN2O5. The molecule has 7 nitrogen and oxygen atoms in total. The Kier molecular flexibility index (Phi) is 4.93. The number of hydrogen-bond donors (Lipinski definition) is 0. The lowest BCUT2D eigenvalue weighted by molar-refractivity contribution is 0.0429. The second-order valence-electron chi connectivity index (χ2n) is 5.79. The number of halogens is 1. The van der Waals surface area contributed by atoms with Crippen LogP contribution in [0.25, 0.3) is 11.4 Å². The van der Waals surface area contributed by atoms with Crippen LogP contribution in [0.5, 0.6) is 11.5 Å². The van der Waals surface area contributed by atoms with E-state index in [1.54, 1.807) is 6.07 Å². The molecule has 0 atom stereocenters. The van der Waals surface area contributed by atoms with E-state index in [0.29, 0.717) is 35.6 Å². The highest BCUT2D eigenvalue weighted by Crippen LogP contribution is 2.38. The number of aromatic nitrogens is 2. The predicted octanol–water partition coefficient (Wildman–Crippen LogP) is 3.91. The van der Waals surface area contributed by atoms with Gasteiger partial charge in [0.25, 0.3) is 5.89 Å². The second kappa shape index (κ2) is 7.67. The number of nitrogens with zero attached hydrogens (tertiary/aromatic N) is 2. The molecule has 8 heteroatoms. The molecule has 0 N–H and O–H groups in total. The molecule has 0 amide bonds. The molecule has 0 saturated carbocycles. The average molecular weight is 387 g/mol. The van der Waals surface area contributed by atoms with Gasteiger partial charge in [-0.25, -0.2) is 4.79 Å². The summed E-state index contributed by atoms with van der Waals surface area (Å²) in [6, 6.07) is 12.4. The highest BCUT2D eigenvalue weighted by Gasteiger charge is 2.20. The molecule has 1 aliphatic rings.